The molecule has 0 aromatic heterocycles. The van der Waals surface area contributed by atoms with Crippen LogP contribution >= 0.6 is 0 Å². The molecule has 0 rings (SSSR count). The molecular formula is C9H21NO. The molecule has 0 bridgehead atoms. The van der Waals surface area contributed by atoms with Crippen LogP contribution in [-0.2, 0) is 0 Å². The van der Waals surface area contributed by atoms with Gasteiger partial charge in [0.2, 0.25) is 0 Å². The minimum absolute atomic E-state index is 0.103. The standard InChI is InChI=1S/C9H21NO/c1-4-5-6-7-10-9(2,3)8-11/h10-11H,4-8H2,1-3H3. The third-order valence-electron chi connectivity index (χ3n) is 1.78. The summed E-state index contributed by atoms with van der Waals surface area (Å²) >= 11 is 0. The van der Waals surface area contributed by atoms with Crippen LogP contribution in [0.5, 0.6) is 0 Å². The Hall–Kier alpha value is -0.0800. The fraction of sp³-hybridized carbons (Fsp3) is 1.00. The lowest BCUT2D eigenvalue weighted by atomic mass is 10.1. The van der Waals surface area contributed by atoms with Crippen molar-refractivity contribution in [1.29, 1.82) is 0 Å². The summed E-state index contributed by atoms with van der Waals surface area (Å²) in [6.45, 7) is 7.44. The van der Waals surface area contributed by atoms with Gasteiger partial charge < -0.3 is 10.4 Å². The summed E-state index contributed by atoms with van der Waals surface area (Å²) in [6.07, 6.45) is 3.73. The zero-order chi connectivity index (χ0) is 8.74. The second-order valence-electron chi connectivity index (χ2n) is 3.68. The van der Waals surface area contributed by atoms with E-state index in [1.807, 2.05) is 13.8 Å². The molecule has 0 aromatic carbocycles. The summed E-state index contributed by atoms with van der Waals surface area (Å²) in [5.74, 6) is 0. The van der Waals surface area contributed by atoms with Crippen LogP contribution in [0.3, 0.4) is 0 Å². The number of rotatable bonds is 6. The van der Waals surface area contributed by atoms with Crippen molar-refractivity contribution in [3.63, 3.8) is 0 Å². The van der Waals surface area contributed by atoms with E-state index in [4.69, 9.17) is 5.11 Å². The summed E-state index contributed by atoms with van der Waals surface area (Å²) < 4.78 is 0. The lowest BCUT2D eigenvalue weighted by molar-refractivity contribution is 0.188. The molecule has 0 aromatic rings. The molecule has 0 unspecified atom stereocenters. The first-order valence-electron chi connectivity index (χ1n) is 4.48. The Bertz CT molecular complexity index is 91.6. The molecule has 0 aliphatic carbocycles. The van der Waals surface area contributed by atoms with E-state index in [0.29, 0.717) is 0 Å². The highest BCUT2D eigenvalue weighted by atomic mass is 16.3. The van der Waals surface area contributed by atoms with Crippen LogP contribution in [0.4, 0.5) is 0 Å². The molecule has 11 heavy (non-hydrogen) atoms. The fourth-order valence-corrected chi connectivity index (χ4v) is 0.858. The first kappa shape index (κ1) is 10.9. The first-order chi connectivity index (χ1) is 5.12. The van der Waals surface area contributed by atoms with Crippen molar-refractivity contribution in [1.82, 2.24) is 5.32 Å². The number of hydrogen-bond acceptors (Lipinski definition) is 2. The molecule has 0 saturated carbocycles. The monoisotopic (exact) mass is 159 g/mol. The molecule has 68 valence electrons. The van der Waals surface area contributed by atoms with Crippen molar-refractivity contribution in [2.75, 3.05) is 13.2 Å². The predicted molar refractivity (Wildman–Crippen MR) is 48.7 cm³/mol. The second-order valence-corrected chi connectivity index (χ2v) is 3.68. The molecule has 0 atom stereocenters. The SMILES string of the molecule is CCCCCNC(C)(C)CO. The highest BCUT2D eigenvalue weighted by molar-refractivity contribution is 4.75. The molecule has 2 N–H and O–H groups in total. The molecule has 0 radical (unpaired) electrons. The largest absolute Gasteiger partial charge is 0.394 e. The maximum Gasteiger partial charge on any atom is 0.0607 e. The van der Waals surface area contributed by atoms with Gasteiger partial charge in [0.15, 0.2) is 0 Å². The lowest BCUT2D eigenvalue weighted by Crippen LogP contribution is -2.43. The maximum absolute atomic E-state index is 8.89. The Balaban J connectivity index is 3.23. The summed E-state index contributed by atoms with van der Waals surface area (Å²) in [5.41, 5.74) is -0.103. The zero-order valence-electron chi connectivity index (χ0n) is 7.98. The molecule has 2 heteroatoms. The molecule has 0 aliphatic heterocycles. The first-order valence-corrected chi connectivity index (χ1v) is 4.48. The molecule has 0 aliphatic rings. The number of aliphatic hydroxyl groups excluding tert-OH is 1. The molecule has 2 nitrogen and oxygen atoms in total. The summed E-state index contributed by atoms with van der Waals surface area (Å²) in [5, 5.41) is 12.2. The van der Waals surface area contributed by atoms with Gasteiger partial charge in [-0.3, -0.25) is 0 Å². The number of nitrogens with one attached hydrogen (secondary N) is 1. The van der Waals surface area contributed by atoms with Gasteiger partial charge in [-0.2, -0.15) is 0 Å². The van der Waals surface area contributed by atoms with E-state index in [-0.39, 0.29) is 12.1 Å². The van der Waals surface area contributed by atoms with Crippen LogP contribution in [0.25, 0.3) is 0 Å². The molecule has 0 heterocycles. The third kappa shape index (κ3) is 6.32. The third-order valence-corrected chi connectivity index (χ3v) is 1.78. The minimum Gasteiger partial charge on any atom is -0.394 e. The smallest absolute Gasteiger partial charge is 0.0607 e. The van der Waals surface area contributed by atoms with E-state index < -0.39 is 0 Å². The zero-order valence-corrected chi connectivity index (χ0v) is 7.98. The van der Waals surface area contributed by atoms with E-state index >= 15 is 0 Å². The Kier molecular flexibility index (Phi) is 5.51. The Morgan fingerprint density at radius 1 is 1.27 bits per heavy atom. The van der Waals surface area contributed by atoms with Gasteiger partial charge in [0.25, 0.3) is 0 Å². The lowest BCUT2D eigenvalue weighted by Gasteiger charge is -2.23. The molecule has 0 fully saturated rings. The van der Waals surface area contributed by atoms with E-state index in [2.05, 4.69) is 12.2 Å². The van der Waals surface area contributed by atoms with E-state index in [1.165, 1.54) is 19.3 Å². The summed E-state index contributed by atoms with van der Waals surface area (Å²) in [4.78, 5) is 0. The van der Waals surface area contributed by atoms with Gasteiger partial charge >= 0.3 is 0 Å². The van der Waals surface area contributed by atoms with Crippen molar-refractivity contribution in [3.8, 4) is 0 Å². The summed E-state index contributed by atoms with van der Waals surface area (Å²) in [7, 11) is 0. The van der Waals surface area contributed by atoms with Gasteiger partial charge in [-0.05, 0) is 26.8 Å². The van der Waals surface area contributed by atoms with Crippen LogP contribution < -0.4 is 5.32 Å². The van der Waals surface area contributed by atoms with Crippen molar-refractivity contribution in [2.24, 2.45) is 0 Å². The number of unbranched alkanes of at least 4 members (excludes halogenated alkanes) is 2. The maximum atomic E-state index is 8.89. The van der Waals surface area contributed by atoms with Crippen LogP contribution in [0, 0.1) is 0 Å². The Morgan fingerprint density at radius 2 is 1.91 bits per heavy atom. The number of hydrogen-bond donors (Lipinski definition) is 2. The van der Waals surface area contributed by atoms with Crippen molar-refractivity contribution in [3.05, 3.63) is 0 Å². The molecule has 0 saturated heterocycles. The molecule has 0 spiro atoms. The summed E-state index contributed by atoms with van der Waals surface area (Å²) in [6, 6.07) is 0. The topological polar surface area (TPSA) is 32.3 Å². The highest BCUT2D eigenvalue weighted by Gasteiger charge is 2.13. The van der Waals surface area contributed by atoms with Crippen molar-refractivity contribution in [2.45, 2.75) is 45.6 Å². The fourth-order valence-electron chi connectivity index (χ4n) is 0.858. The van der Waals surface area contributed by atoms with E-state index in [0.717, 1.165) is 6.54 Å². The minimum atomic E-state index is -0.103. The highest BCUT2D eigenvalue weighted by Crippen LogP contribution is 2.00. The Labute approximate surface area is 70.0 Å². The van der Waals surface area contributed by atoms with Crippen molar-refractivity contribution < 1.29 is 5.11 Å². The molecule has 0 amide bonds. The van der Waals surface area contributed by atoms with Crippen LogP contribution in [-0.4, -0.2) is 23.8 Å². The van der Waals surface area contributed by atoms with Crippen LogP contribution in [0.2, 0.25) is 0 Å². The van der Waals surface area contributed by atoms with Gasteiger partial charge in [-0.15, -0.1) is 0 Å². The van der Waals surface area contributed by atoms with Crippen LogP contribution in [0.1, 0.15) is 40.0 Å². The normalized spacial score (nSPS) is 12.0. The average molecular weight is 159 g/mol. The Morgan fingerprint density at radius 3 is 2.36 bits per heavy atom. The quantitative estimate of drug-likeness (QED) is 0.576. The van der Waals surface area contributed by atoms with Gasteiger partial charge in [0.05, 0.1) is 6.61 Å². The second kappa shape index (κ2) is 5.56. The van der Waals surface area contributed by atoms with E-state index in [9.17, 15) is 0 Å². The molecular weight excluding hydrogens is 138 g/mol. The van der Waals surface area contributed by atoms with Gasteiger partial charge in [-0.1, -0.05) is 19.8 Å². The number of aliphatic hydroxyl groups is 1. The van der Waals surface area contributed by atoms with Gasteiger partial charge in [-0.25, -0.2) is 0 Å². The van der Waals surface area contributed by atoms with Gasteiger partial charge in [0, 0.05) is 5.54 Å². The van der Waals surface area contributed by atoms with E-state index in [1.54, 1.807) is 0 Å². The van der Waals surface area contributed by atoms with Gasteiger partial charge in [0.1, 0.15) is 0 Å². The van der Waals surface area contributed by atoms with Crippen molar-refractivity contribution >= 4 is 0 Å². The average Bonchev–Trinajstić information content (AvgIpc) is 1.99. The predicted octanol–water partition coefficient (Wildman–Crippen LogP) is 1.54. The van der Waals surface area contributed by atoms with Crippen LogP contribution in [0.15, 0.2) is 0 Å².